The first kappa shape index (κ1) is 77.4. The fourth-order valence-corrected chi connectivity index (χ4v) is 12.8. The zero-order chi connectivity index (χ0) is 54.6. The number of rotatable bonds is 3. The molecule has 0 amide bonds. The van der Waals surface area contributed by atoms with Crippen molar-refractivity contribution >= 4 is 34.0 Å². The fourth-order valence-electron chi connectivity index (χ4n) is 10.9. The highest BCUT2D eigenvalue weighted by Crippen LogP contribution is 2.59. The predicted molar refractivity (Wildman–Crippen MR) is 353 cm³/mol. The Labute approximate surface area is 489 Å². The molecule has 0 spiro atoms. The molecule has 6 aliphatic carbocycles. The first-order valence-corrected chi connectivity index (χ1v) is 32.0. The van der Waals surface area contributed by atoms with Gasteiger partial charge in [-0.15, -0.1) is 34.0 Å². The standard InChI is InChI=1S/2C10H16.3C6H6O.3C6H8S.4C3H8.3CH4/c2*1-2-9-7-4-5-8(6-7)10(9)3-1;3*7-6-4-2-1-3-5-6;3*1-2-6-4-3-5-7-6;4*1-3-2;;;/h2*7-10H,1-6H2;3*1-5,7H;3*3-5H,2H2,1H3;4*3H2,1-2H3;3*1H4. The lowest BCUT2D eigenvalue weighted by Gasteiger charge is -2.23. The molecule has 438 valence electrons. The smallest absolute Gasteiger partial charge is 0.115 e. The van der Waals surface area contributed by atoms with Crippen molar-refractivity contribution in [2.24, 2.45) is 47.3 Å². The van der Waals surface area contributed by atoms with E-state index in [1.807, 2.05) is 52.2 Å². The van der Waals surface area contributed by atoms with Crippen molar-refractivity contribution < 1.29 is 15.3 Å². The van der Waals surface area contributed by atoms with Gasteiger partial charge in [0.15, 0.2) is 0 Å². The average Bonchev–Trinajstić information content (AvgIpc) is 4.26. The van der Waals surface area contributed by atoms with Crippen molar-refractivity contribution in [1.29, 1.82) is 0 Å². The van der Waals surface area contributed by atoms with Gasteiger partial charge in [-0.1, -0.05) is 210 Å². The largest absolute Gasteiger partial charge is 0.508 e. The highest BCUT2D eigenvalue weighted by molar-refractivity contribution is 7.10. The number of phenolic OH excluding ortho intramolecular Hbond substituents is 3. The van der Waals surface area contributed by atoms with Crippen molar-refractivity contribution in [2.75, 3.05) is 0 Å². The van der Waals surface area contributed by atoms with Crippen molar-refractivity contribution in [1.82, 2.24) is 0 Å². The zero-order valence-corrected chi connectivity index (χ0v) is 50.9. The summed E-state index contributed by atoms with van der Waals surface area (Å²) in [5.74, 6) is 10.6. The van der Waals surface area contributed by atoms with E-state index >= 15 is 0 Å². The van der Waals surface area contributed by atoms with Crippen molar-refractivity contribution in [3.05, 3.63) is 158 Å². The minimum atomic E-state index is 0. The molecule has 6 heteroatoms. The van der Waals surface area contributed by atoms with E-state index in [9.17, 15) is 0 Å². The number of para-hydroxylation sites is 3. The molecule has 3 aromatic carbocycles. The molecule has 6 fully saturated rings. The Hall–Kier alpha value is -3.84. The molecule has 6 aliphatic rings. The predicted octanol–water partition coefficient (Wildman–Crippen LogP) is 24.3. The van der Waals surface area contributed by atoms with Crippen LogP contribution in [0, 0.1) is 47.3 Å². The fraction of sp³-hybridized carbons (Fsp3) is 0.577. The third kappa shape index (κ3) is 34.7. The Morgan fingerprint density at radius 1 is 0.312 bits per heavy atom. The molecule has 3 heterocycles. The monoisotopic (exact) mass is 1110 g/mol. The van der Waals surface area contributed by atoms with Crippen LogP contribution in [-0.2, 0) is 19.3 Å². The van der Waals surface area contributed by atoms with E-state index in [0.717, 1.165) is 0 Å². The molecule has 8 unspecified atom stereocenters. The molecule has 6 saturated carbocycles. The second kappa shape index (κ2) is 51.6. The van der Waals surface area contributed by atoms with Crippen LogP contribution in [0.25, 0.3) is 0 Å². The van der Waals surface area contributed by atoms with Gasteiger partial charge in [0.05, 0.1) is 0 Å². The Morgan fingerprint density at radius 2 is 0.519 bits per heavy atom. The lowest BCUT2D eigenvalue weighted by molar-refractivity contribution is 0.259. The molecule has 0 radical (unpaired) electrons. The zero-order valence-electron chi connectivity index (χ0n) is 48.5. The molecule has 3 N–H and O–H groups in total. The summed E-state index contributed by atoms with van der Waals surface area (Å²) in [5.41, 5.74) is 0. The molecular formula is C71H118O3S3. The molecule has 8 atom stereocenters. The second-order valence-electron chi connectivity index (χ2n) is 20.3. The van der Waals surface area contributed by atoms with E-state index < -0.39 is 0 Å². The van der Waals surface area contributed by atoms with Crippen molar-refractivity contribution in [3.63, 3.8) is 0 Å². The van der Waals surface area contributed by atoms with Crippen molar-refractivity contribution in [2.45, 2.75) is 220 Å². The molecule has 6 aromatic rings. The van der Waals surface area contributed by atoms with Crippen LogP contribution in [0.15, 0.2) is 144 Å². The molecule has 77 heavy (non-hydrogen) atoms. The van der Waals surface area contributed by atoms with E-state index in [1.165, 1.54) is 107 Å². The number of fused-ring (bicyclic) bond motifs is 10. The van der Waals surface area contributed by atoms with E-state index in [0.29, 0.717) is 17.2 Å². The van der Waals surface area contributed by atoms with Crippen LogP contribution in [0.5, 0.6) is 17.2 Å². The summed E-state index contributed by atoms with van der Waals surface area (Å²) in [6, 6.07) is 38.9. The van der Waals surface area contributed by atoms with Gasteiger partial charge in [-0.3, -0.25) is 0 Å². The Balaban J connectivity index is -0.000000789. The summed E-state index contributed by atoms with van der Waals surface area (Å²) in [4.78, 5) is 4.42. The summed E-state index contributed by atoms with van der Waals surface area (Å²) < 4.78 is 0. The van der Waals surface area contributed by atoms with Crippen LogP contribution in [0.4, 0.5) is 0 Å². The van der Waals surface area contributed by atoms with Crippen LogP contribution in [0.2, 0.25) is 0 Å². The summed E-state index contributed by atoms with van der Waals surface area (Å²) in [7, 11) is 0. The van der Waals surface area contributed by atoms with E-state index in [2.05, 4.69) is 129 Å². The third-order valence-corrected chi connectivity index (χ3v) is 16.8. The quantitative estimate of drug-likeness (QED) is 0.165. The lowest BCUT2D eigenvalue weighted by Crippen LogP contribution is -2.15. The van der Waals surface area contributed by atoms with E-state index in [1.54, 1.807) is 150 Å². The Bertz CT molecular complexity index is 1750. The van der Waals surface area contributed by atoms with E-state index in [-0.39, 0.29) is 22.3 Å². The van der Waals surface area contributed by atoms with Gasteiger partial charge in [-0.25, -0.2) is 0 Å². The molecule has 3 aromatic heterocycles. The lowest BCUT2D eigenvalue weighted by atomic mass is 9.82. The normalized spacial score (nSPS) is 20.8. The topological polar surface area (TPSA) is 60.7 Å². The van der Waals surface area contributed by atoms with Crippen molar-refractivity contribution in [3.8, 4) is 17.2 Å². The molecule has 0 saturated heterocycles. The second-order valence-corrected chi connectivity index (χ2v) is 23.4. The SMILES string of the molecule is C.C.C.C1CC2C3CCC(C3)C2C1.C1CC2C3CCC(C3)C2C1.CCC.CCC.CCC.CCC.CCc1cccs1.CCc1cccs1.CCc1cccs1.Oc1ccccc1.Oc1ccccc1.Oc1ccccc1. The van der Waals surface area contributed by atoms with Gasteiger partial charge in [-0.2, -0.15) is 0 Å². The van der Waals surface area contributed by atoms with Gasteiger partial charge in [0.1, 0.15) is 17.2 Å². The third-order valence-electron chi connectivity index (χ3n) is 13.8. The summed E-state index contributed by atoms with van der Waals surface area (Å²) in [6.45, 7) is 23.5. The van der Waals surface area contributed by atoms with Gasteiger partial charge in [0.25, 0.3) is 0 Å². The summed E-state index contributed by atoms with van der Waals surface area (Å²) in [6.07, 6.45) is 27.6. The molecule has 3 nitrogen and oxygen atoms in total. The summed E-state index contributed by atoms with van der Waals surface area (Å²) in [5, 5.41) is 32.2. The Kier molecular flexibility index (Phi) is 51.9. The number of aromatic hydroxyl groups is 3. The molecule has 0 aliphatic heterocycles. The maximum Gasteiger partial charge on any atom is 0.115 e. The average molecular weight is 1120 g/mol. The maximum absolute atomic E-state index is 8.63. The van der Waals surface area contributed by atoms with Crippen LogP contribution in [0.1, 0.15) is 216 Å². The summed E-state index contributed by atoms with van der Waals surface area (Å²) >= 11 is 5.47. The number of hydrogen-bond acceptors (Lipinski definition) is 6. The number of aryl methyl sites for hydroxylation is 3. The van der Waals surface area contributed by atoms with Gasteiger partial charge in [-0.05, 0) is 202 Å². The van der Waals surface area contributed by atoms with Crippen LogP contribution < -0.4 is 0 Å². The van der Waals surface area contributed by atoms with Crippen LogP contribution in [0.3, 0.4) is 0 Å². The van der Waals surface area contributed by atoms with Crippen LogP contribution >= 0.6 is 34.0 Å². The maximum atomic E-state index is 8.63. The highest BCUT2D eigenvalue weighted by Gasteiger charge is 2.49. The number of phenols is 3. The minimum absolute atomic E-state index is 0. The molecule has 12 rings (SSSR count). The van der Waals surface area contributed by atoms with Gasteiger partial charge >= 0.3 is 0 Å². The van der Waals surface area contributed by atoms with Gasteiger partial charge in [0.2, 0.25) is 0 Å². The molecule has 4 bridgehead atoms. The molecular weight excluding hydrogens is 997 g/mol. The number of benzene rings is 3. The van der Waals surface area contributed by atoms with Crippen LogP contribution in [-0.4, -0.2) is 15.3 Å². The first-order chi connectivity index (χ1) is 36.0. The first-order valence-electron chi connectivity index (χ1n) is 29.3. The highest BCUT2D eigenvalue weighted by atomic mass is 32.1. The number of hydrogen-bond donors (Lipinski definition) is 3. The Morgan fingerprint density at radius 3 is 0.649 bits per heavy atom. The number of thiophene rings is 3. The van der Waals surface area contributed by atoms with Gasteiger partial charge < -0.3 is 15.3 Å². The van der Waals surface area contributed by atoms with E-state index in [4.69, 9.17) is 15.3 Å². The minimum Gasteiger partial charge on any atom is -0.508 e. The van der Waals surface area contributed by atoms with Gasteiger partial charge in [0, 0.05) is 14.6 Å².